The van der Waals surface area contributed by atoms with Crippen molar-refractivity contribution in [2.45, 2.75) is 13.0 Å². The Balaban J connectivity index is 3.04. The van der Waals surface area contributed by atoms with Crippen LogP contribution in [-0.2, 0) is 9.53 Å². The first-order valence-corrected chi connectivity index (χ1v) is 5.77. The van der Waals surface area contributed by atoms with Gasteiger partial charge < -0.3 is 15.8 Å². The predicted octanol–water partition coefficient (Wildman–Crippen LogP) is 0.332. The summed E-state index contributed by atoms with van der Waals surface area (Å²) in [5, 5.41) is 9.32. The van der Waals surface area contributed by atoms with E-state index in [2.05, 4.69) is 10.3 Å². The molecular weight excluding hydrogens is 272 g/mol. The molecule has 1 aromatic rings. The van der Waals surface area contributed by atoms with Gasteiger partial charge in [-0.2, -0.15) is 0 Å². The molecule has 0 aliphatic rings. The lowest BCUT2D eigenvalue weighted by molar-refractivity contribution is -0.143. The number of pyridine rings is 1. The largest absolute Gasteiger partial charge is 0.464 e. The zero-order valence-corrected chi connectivity index (χ0v) is 10.9. The van der Waals surface area contributed by atoms with Crippen LogP contribution in [0.4, 0.5) is 0 Å². The summed E-state index contributed by atoms with van der Waals surface area (Å²) in [4.78, 5) is 27.6. The highest BCUT2D eigenvalue weighted by molar-refractivity contribution is 6.33. The van der Waals surface area contributed by atoms with Gasteiger partial charge in [0, 0.05) is 6.20 Å². The second-order valence-corrected chi connectivity index (χ2v) is 3.81. The van der Waals surface area contributed by atoms with E-state index < -0.39 is 23.8 Å². The van der Waals surface area contributed by atoms with Crippen LogP contribution in [-0.4, -0.2) is 35.3 Å². The van der Waals surface area contributed by atoms with Gasteiger partial charge in [0.25, 0.3) is 0 Å². The fourth-order valence-electron chi connectivity index (χ4n) is 1.34. The quantitative estimate of drug-likeness (QED) is 0.179. The summed E-state index contributed by atoms with van der Waals surface area (Å²) in [6, 6.07) is 1.51. The van der Waals surface area contributed by atoms with E-state index in [1.165, 1.54) is 18.3 Å². The molecule has 0 bridgehead atoms. The lowest BCUT2D eigenvalue weighted by Crippen LogP contribution is -2.49. The maximum absolute atomic E-state index is 12.2. The van der Waals surface area contributed by atoms with E-state index in [1.807, 2.05) is 0 Å². The topological polar surface area (TPSA) is 118 Å². The first kappa shape index (κ1) is 14.9. The fraction of sp³-hybridized carbons (Fsp3) is 0.273. The van der Waals surface area contributed by atoms with Gasteiger partial charge in [-0.25, -0.2) is 9.78 Å². The third kappa shape index (κ3) is 3.92. The molecule has 0 aromatic carbocycles. The molecule has 8 heteroatoms. The number of carbonyl (C=O) groups is 2. The Labute approximate surface area is 114 Å². The standard InChI is InChI=1S/C11H13ClN4O3/c1-2-19-10(18)7(16-11(13)14)8(17)6-4-3-5-15-9(6)12/h3-5,7H,2H2,1H3,(H4,13,14,16). The van der Waals surface area contributed by atoms with Crippen LogP contribution < -0.4 is 11.1 Å². The zero-order valence-electron chi connectivity index (χ0n) is 10.1. The summed E-state index contributed by atoms with van der Waals surface area (Å²) in [6.45, 7) is 1.70. The Morgan fingerprint density at radius 3 is 2.84 bits per heavy atom. The highest BCUT2D eigenvalue weighted by Crippen LogP contribution is 2.14. The van der Waals surface area contributed by atoms with Gasteiger partial charge in [0.05, 0.1) is 12.2 Å². The van der Waals surface area contributed by atoms with Crippen molar-refractivity contribution in [2.24, 2.45) is 5.73 Å². The molecule has 4 N–H and O–H groups in total. The first-order chi connectivity index (χ1) is 8.97. The molecule has 0 saturated carbocycles. The number of nitrogens with zero attached hydrogens (tertiary/aromatic N) is 1. The molecule has 102 valence electrons. The minimum Gasteiger partial charge on any atom is -0.464 e. The van der Waals surface area contributed by atoms with Crippen molar-refractivity contribution < 1.29 is 14.3 Å². The van der Waals surface area contributed by atoms with Crippen molar-refractivity contribution in [3.8, 4) is 0 Å². The Bertz CT molecular complexity index is 506. The molecule has 1 heterocycles. The smallest absolute Gasteiger partial charge is 0.336 e. The van der Waals surface area contributed by atoms with E-state index in [-0.39, 0.29) is 17.3 Å². The van der Waals surface area contributed by atoms with Crippen LogP contribution in [0.25, 0.3) is 0 Å². The SMILES string of the molecule is CCOC(=O)C(NC(=N)N)C(=O)c1cccnc1Cl. The van der Waals surface area contributed by atoms with Crippen LogP contribution in [0.1, 0.15) is 17.3 Å². The van der Waals surface area contributed by atoms with Crippen molar-refractivity contribution in [3.05, 3.63) is 29.0 Å². The number of ether oxygens (including phenoxy) is 1. The number of esters is 1. The number of Topliss-reactive ketones (excluding diaryl/α,β-unsaturated/α-hetero) is 1. The van der Waals surface area contributed by atoms with Crippen LogP contribution in [0.3, 0.4) is 0 Å². The highest BCUT2D eigenvalue weighted by Gasteiger charge is 2.30. The monoisotopic (exact) mass is 284 g/mol. The van der Waals surface area contributed by atoms with E-state index in [0.717, 1.165) is 0 Å². The molecule has 1 atom stereocenters. The number of guanidine groups is 1. The van der Waals surface area contributed by atoms with Gasteiger partial charge in [-0.1, -0.05) is 11.6 Å². The van der Waals surface area contributed by atoms with E-state index in [4.69, 9.17) is 27.5 Å². The Kier molecular flexibility index (Phi) is 5.25. The number of aromatic nitrogens is 1. The van der Waals surface area contributed by atoms with E-state index in [9.17, 15) is 9.59 Å². The number of rotatable bonds is 5. The molecule has 0 spiro atoms. The second kappa shape index (κ2) is 6.69. The van der Waals surface area contributed by atoms with Gasteiger partial charge in [-0.05, 0) is 19.1 Å². The third-order valence-corrected chi connectivity index (χ3v) is 2.41. The molecule has 0 saturated heterocycles. The summed E-state index contributed by atoms with van der Waals surface area (Å²) in [5.74, 6) is -2.01. The molecule has 0 radical (unpaired) electrons. The third-order valence-electron chi connectivity index (χ3n) is 2.11. The minimum atomic E-state index is -1.42. The number of nitrogens with two attached hydrogens (primary N) is 1. The number of hydrogen-bond acceptors (Lipinski definition) is 5. The van der Waals surface area contributed by atoms with Gasteiger partial charge >= 0.3 is 5.97 Å². The molecular formula is C11H13ClN4O3. The molecule has 0 fully saturated rings. The van der Waals surface area contributed by atoms with Crippen molar-refractivity contribution in [1.29, 1.82) is 5.41 Å². The molecule has 7 nitrogen and oxygen atoms in total. The Morgan fingerprint density at radius 1 is 1.63 bits per heavy atom. The number of carbonyl (C=O) groups excluding carboxylic acids is 2. The Hall–Kier alpha value is -2.15. The fourth-order valence-corrected chi connectivity index (χ4v) is 1.55. The van der Waals surface area contributed by atoms with Gasteiger partial charge in [0.1, 0.15) is 5.15 Å². The van der Waals surface area contributed by atoms with Crippen molar-refractivity contribution >= 4 is 29.3 Å². The number of halogens is 1. The summed E-state index contributed by atoms with van der Waals surface area (Å²) in [6.07, 6.45) is 1.41. The zero-order chi connectivity index (χ0) is 14.4. The van der Waals surface area contributed by atoms with Gasteiger partial charge in [0.15, 0.2) is 17.8 Å². The van der Waals surface area contributed by atoms with Crippen molar-refractivity contribution in [1.82, 2.24) is 10.3 Å². The number of ketones is 1. The second-order valence-electron chi connectivity index (χ2n) is 3.45. The average Bonchev–Trinajstić information content (AvgIpc) is 2.36. The molecule has 0 aliphatic carbocycles. The number of hydrogen-bond donors (Lipinski definition) is 3. The van der Waals surface area contributed by atoms with Gasteiger partial charge in [0.2, 0.25) is 0 Å². The molecule has 0 aliphatic heterocycles. The van der Waals surface area contributed by atoms with E-state index in [0.29, 0.717) is 0 Å². The number of nitrogens with one attached hydrogen (secondary N) is 2. The lowest BCUT2D eigenvalue weighted by atomic mass is 10.1. The van der Waals surface area contributed by atoms with Crippen molar-refractivity contribution in [3.63, 3.8) is 0 Å². The van der Waals surface area contributed by atoms with E-state index >= 15 is 0 Å². The van der Waals surface area contributed by atoms with Gasteiger partial charge in [-0.15, -0.1) is 0 Å². The molecule has 19 heavy (non-hydrogen) atoms. The molecule has 1 aromatic heterocycles. The minimum absolute atomic E-state index is 0.0350. The summed E-state index contributed by atoms with van der Waals surface area (Å²) >= 11 is 5.78. The first-order valence-electron chi connectivity index (χ1n) is 5.39. The van der Waals surface area contributed by atoms with Gasteiger partial charge in [-0.3, -0.25) is 10.2 Å². The van der Waals surface area contributed by atoms with Crippen LogP contribution in [0.5, 0.6) is 0 Å². The normalized spacial score (nSPS) is 11.5. The molecule has 1 unspecified atom stereocenters. The maximum Gasteiger partial charge on any atom is 0.336 e. The summed E-state index contributed by atoms with van der Waals surface area (Å²) < 4.78 is 4.75. The van der Waals surface area contributed by atoms with Crippen LogP contribution in [0, 0.1) is 5.41 Å². The molecule has 0 amide bonds. The lowest BCUT2D eigenvalue weighted by Gasteiger charge is -2.16. The van der Waals surface area contributed by atoms with Crippen LogP contribution in [0.15, 0.2) is 18.3 Å². The Morgan fingerprint density at radius 2 is 2.32 bits per heavy atom. The molecule has 1 rings (SSSR count). The highest BCUT2D eigenvalue weighted by atomic mass is 35.5. The van der Waals surface area contributed by atoms with Crippen LogP contribution >= 0.6 is 11.6 Å². The summed E-state index contributed by atoms with van der Waals surface area (Å²) in [5.41, 5.74) is 5.20. The summed E-state index contributed by atoms with van der Waals surface area (Å²) in [7, 11) is 0. The predicted molar refractivity (Wildman–Crippen MR) is 69.0 cm³/mol. The van der Waals surface area contributed by atoms with Crippen molar-refractivity contribution in [2.75, 3.05) is 6.61 Å². The average molecular weight is 285 g/mol. The maximum atomic E-state index is 12.2. The van der Waals surface area contributed by atoms with E-state index in [1.54, 1.807) is 6.92 Å². The van der Waals surface area contributed by atoms with Crippen LogP contribution in [0.2, 0.25) is 5.15 Å².